The van der Waals surface area contributed by atoms with Gasteiger partial charge in [0.15, 0.2) is 4.77 Å². The van der Waals surface area contributed by atoms with E-state index in [9.17, 15) is 9.59 Å². The molecule has 0 aliphatic heterocycles. The quantitative estimate of drug-likeness (QED) is 0.684. The summed E-state index contributed by atoms with van der Waals surface area (Å²) in [4.78, 5) is 27.5. The van der Waals surface area contributed by atoms with Gasteiger partial charge >= 0.3 is 0 Å². The summed E-state index contributed by atoms with van der Waals surface area (Å²) in [5, 5.41) is 3.84. The Morgan fingerprint density at radius 2 is 2.00 bits per heavy atom. The van der Waals surface area contributed by atoms with Gasteiger partial charge in [0.25, 0.3) is 11.5 Å². The Balaban J connectivity index is 1.98. The van der Waals surface area contributed by atoms with E-state index in [1.165, 1.54) is 4.57 Å². The highest BCUT2D eigenvalue weighted by Crippen LogP contribution is 2.21. The SMILES string of the molecule is Cc1ccc(NC(=O)c2ccc3c(=O)n(C)c(=S)[nH]c3c2)cc1Cl. The first kappa shape index (κ1) is 16.4. The zero-order valence-electron chi connectivity index (χ0n) is 13.0. The zero-order chi connectivity index (χ0) is 17.4. The number of carbonyl (C=O) groups is 1. The summed E-state index contributed by atoms with van der Waals surface area (Å²) in [5.74, 6) is -0.295. The second-order valence-electron chi connectivity index (χ2n) is 5.47. The van der Waals surface area contributed by atoms with Crippen LogP contribution in [-0.4, -0.2) is 15.5 Å². The Morgan fingerprint density at radius 1 is 1.25 bits per heavy atom. The number of aromatic nitrogens is 2. The lowest BCUT2D eigenvalue weighted by Crippen LogP contribution is -2.19. The molecule has 3 aromatic rings. The molecular weight excluding hydrogens is 346 g/mol. The van der Waals surface area contributed by atoms with Crippen LogP contribution >= 0.6 is 23.8 Å². The van der Waals surface area contributed by atoms with Gasteiger partial charge < -0.3 is 10.3 Å². The summed E-state index contributed by atoms with van der Waals surface area (Å²) in [6.45, 7) is 1.89. The molecule has 5 nitrogen and oxygen atoms in total. The number of aryl methyl sites for hydroxylation is 1. The standard InChI is InChI=1S/C17H14ClN3O2S/c1-9-3-5-11(8-13(9)18)19-15(22)10-4-6-12-14(7-10)20-17(24)21(2)16(12)23/h3-8H,1-2H3,(H,19,22)(H,20,24). The van der Waals surface area contributed by atoms with Crippen LogP contribution in [0.25, 0.3) is 10.9 Å². The van der Waals surface area contributed by atoms with E-state index in [1.807, 2.05) is 13.0 Å². The topological polar surface area (TPSA) is 66.9 Å². The second-order valence-corrected chi connectivity index (χ2v) is 6.27. The van der Waals surface area contributed by atoms with Crippen molar-refractivity contribution >= 4 is 46.3 Å². The maximum atomic E-state index is 12.4. The van der Waals surface area contributed by atoms with E-state index in [-0.39, 0.29) is 11.5 Å². The van der Waals surface area contributed by atoms with Crippen LogP contribution in [0.2, 0.25) is 5.02 Å². The van der Waals surface area contributed by atoms with Crippen molar-refractivity contribution in [2.45, 2.75) is 6.92 Å². The lowest BCUT2D eigenvalue weighted by Gasteiger charge is -2.08. The third kappa shape index (κ3) is 2.98. The Hall–Kier alpha value is -2.44. The number of hydrogen-bond donors (Lipinski definition) is 2. The van der Waals surface area contributed by atoms with E-state index in [0.29, 0.717) is 31.9 Å². The van der Waals surface area contributed by atoms with Gasteiger partial charge in [0.2, 0.25) is 0 Å². The molecule has 0 fully saturated rings. The van der Waals surface area contributed by atoms with Gasteiger partial charge in [-0.05, 0) is 55.0 Å². The maximum Gasteiger partial charge on any atom is 0.261 e. The number of amides is 1. The Morgan fingerprint density at radius 3 is 2.71 bits per heavy atom. The Labute approximate surface area is 147 Å². The first-order valence-corrected chi connectivity index (χ1v) is 7.96. The van der Waals surface area contributed by atoms with Crippen molar-refractivity contribution < 1.29 is 4.79 Å². The van der Waals surface area contributed by atoms with Crippen molar-refractivity contribution in [3.63, 3.8) is 0 Å². The molecule has 2 N–H and O–H groups in total. The number of nitrogens with zero attached hydrogens (tertiary/aromatic N) is 1. The van der Waals surface area contributed by atoms with Gasteiger partial charge in [-0.2, -0.15) is 0 Å². The minimum Gasteiger partial charge on any atom is -0.332 e. The van der Waals surface area contributed by atoms with E-state index in [2.05, 4.69) is 10.3 Å². The fourth-order valence-electron chi connectivity index (χ4n) is 2.32. The summed E-state index contributed by atoms with van der Waals surface area (Å²) < 4.78 is 1.65. The van der Waals surface area contributed by atoms with Crippen LogP contribution in [0, 0.1) is 11.7 Å². The van der Waals surface area contributed by atoms with Crippen molar-refractivity contribution in [1.29, 1.82) is 0 Å². The molecule has 0 aliphatic rings. The largest absolute Gasteiger partial charge is 0.332 e. The molecule has 0 saturated carbocycles. The molecule has 0 aliphatic carbocycles. The van der Waals surface area contributed by atoms with E-state index in [1.54, 1.807) is 37.4 Å². The van der Waals surface area contributed by atoms with Crippen LogP contribution < -0.4 is 10.9 Å². The van der Waals surface area contributed by atoms with Crippen LogP contribution in [-0.2, 0) is 7.05 Å². The van der Waals surface area contributed by atoms with Gasteiger partial charge in [0.05, 0.1) is 10.9 Å². The minimum absolute atomic E-state index is 0.203. The van der Waals surface area contributed by atoms with E-state index in [0.717, 1.165) is 5.56 Å². The summed E-state index contributed by atoms with van der Waals surface area (Å²) in [6.07, 6.45) is 0. The Kier molecular flexibility index (Phi) is 4.26. The van der Waals surface area contributed by atoms with E-state index >= 15 is 0 Å². The molecule has 0 spiro atoms. The van der Waals surface area contributed by atoms with Gasteiger partial charge in [-0.1, -0.05) is 17.7 Å². The molecule has 0 saturated heterocycles. The number of nitrogens with one attached hydrogen (secondary N) is 2. The van der Waals surface area contributed by atoms with Crippen molar-refractivity contribution in [2.75, 3.05) is 5.32 Å². The number of hydrogen-bond acceptors (Lipinski definition) is 3. The molecule has 1 heterocycles. The van der Waals surface area contributed by atoms with Crippen molar-refractivity contribution in [1.82, 2.24) is 9.55 Å². The molecule has 7 heteroatoms. The van der Waals surface area contributed by atoms with Gasteiger partial charge in [0, 0.05) is 23.3 Å². The van der Waals surface area contributed by atoms with Crippen LogP contribution in [0.15, 0.2) is 41.2 Å². The van der Waals surface area contributed by atoms with Crippen LogP contribution in [0.1, 0.15) is 15.9 Å². The van der Waals surface area contributed by atoms with Crippen LogP contribution in [0.5, 0.6) is 0 Å². The molecule has 0 bridgehead atoms. The number of halogens is 1. The summed E-state index contributed by atoms with van der Waals surface area (Å²) in [6, 6.07) is 10.1. The number of rotatable bonds is 2. The van der Waals surface area contributed by atoms with Crippen molar-refractivity contribution in [2.24, 2.45) is 7.05 Å². The second kappa shape index (κ2) is 6.22. The number of fused-ring (bicyclic) bond motifs is 1. The average Bonchev–Trinajstić information content (AvgIpc) is 2.55. The maximum absolute atomic E-state index is 12.4. The van der Waals surface area contributed by atoms with Crippen molar-refractivity contribution in [3.8, 4) is 0 Å². The minimum atomic E-state index is -0.295. The lowest BCUT2D eigenvalue weighted by molar-refractivity contribution is 0.102. The van der Waals surface area contributed by atoms with Crippen LogP contribution in [0.3, 0.4) is 0 Å². The fourth-order valence-corrected chi connectivity index (χ4v) is 2.69. The third-order valence-corrected chi connectivity index (χ3v) is 4.58. The van der Waals surface area contributed by atoms with Gasteiger partial charge in [-0.15, -0.1) is 0 Å². The molecule has 0 atom stereocenters. The van der Waals surface area contributed by atoms with Crippen LogP contribution in [0.4, 0.5) is 5.69 Å². The third-order valence-electron chi connectivity index (χ3n) is 3.79. The molecule has 0 unspecified atom stereocenters. The zero-order valence-corrected chi connectivity index (χ0v) is 14.6. The average molecular weight is 360 g/mol. The normalized spacial score (nSPS) is 10.8. The van der Waals surface area contributed by atoms with Gasteiger partial charge in [-0.3, -0.25) is 14.2 Å². The molecular formula is C17H14ClN3O2S. The predicted octanol–water partition coefficient (Wildman–Crippen LogP) is 3.81. The van der Waals surface area contributed by atoms with E-state index in [4.69, 9.17) is 23.8 Å². The summed E-state index contributed by atoms with van der Waals surface area (Å²) >= 11 is 11.2. The first-order valence-electron chi connectivity index (χ1n) is 7.17. The molecule has 24 heavy (non-hydrogen) atoms. The number of benzene rings is 2. The molecule has 0 radical (unpaired) electrons. The summed E-state index contributed by atoms with van der Waals surface area (Å²) in [7, 11) is 1.60. The number of carbonyl (C=O) groups excluding carboxylic acids is 1. The predicted molar refractivity (Wildman–Crippen MR) is 98.5 cm³/mol. The molecule has 1 aromatic heterocycles. The van der Waals surface area contributed by atoms with E-state index < -0.39 is 0 Å². The lowest BCUT2D eigenvalue weighted by atomic mass is 10.1. The molecule has 122 valence electrons. The highest BCUT2D eigenvalue weighted by molar-refractivity contribution is 7.71. The molecule has 2 aromatic carbocycles. The monoisotopic (exact) mass is 359 g/mol. The first-order chi connectivity index (χ1) is 11.4. The number of H-pyrrole nitrogens is 1. The van der Waals surface area contributed by atoms with Gasteiger partial charge in [-0.25, -0.2) is 0 Å². The molecule has 1 amide bonds. The highest BCUT2D eigenvalue weighted by Gasteiger charge is 2.10. The Bertz CT molecular complexity index is 1090. The highest BCUT2D eigenvalue weighted by atomic mass is 35.5. The smallest absolute Gasteiger partial charge is 0.261 e. The number of anilines is 1. The summed E-state index contributed by atoms with van der Waals surface area (Å²) in [5.41, 5.74) is 2.28. The number of aromatic amines is 1. The fraction of sp³-hybridized carbons (Fsp3) is 0.118. The van der Waals surface area contributed by atoms with Gasteiger partial charge in [0.1, 0.15) is 0 Å². The van der Waals surface area contributed by atoms with Crippen molar-refractivity contribution in [3.05, 3.63) is 67.7 Å². The molecule has 3 rings (SSSR count).